The van der Waals surface area contributed by atoms with E-state index in [0.29, 0.717) is 0 Å². The first-order chi connectivity index (χ1) is 17.8. The minimum Gasteiger partial charge on any atom is -0.290 e. The fourth-order valence-electron chi connectivity index (χ4n) is 5.20. The Morgan fingerprint density at radius 1 is 0.611 bits per heavy atom. The summed E-state index contributed by atoms with van der Waals surface area (Å²) in [6, 6.07) is 32.0. The molecule has 0 spiro atoms. The zero-order valence-corrected chi connectivity index (χ0v) is 19.9. The monoisotopic (exact) mass is 478 g/mol. The van der Waals surface area contributed by atoms with Crippen molar-refractivity contribution >= 4 is 59.2 Å². The Morgan fingerprint density at radius 2 is 1.44 bits per heavy atom. The number of thiophene rings is 1. The molecule has 0 fully saturated rings. The van der Waals surface area contributed by atoms with Crippen molar-refractivity contribution < 1.29 is 0 Å². The fraction of sp³-hybridized carbons (Fsp3) is 0. The third-order valence-electron chi connectivity index (χ3n) is 6.89. The molecule has 36 heavy (non-hydrogen) atoms. The van der Waals surface area contributed by atoms with E-state index in [1.165, 1.54) is 20.5 Å². The van der Waals surface area contributed by atoms with E-state index in [2.05, 4.69) is 99.4 Å². The summed E-state index contributed by atoms with van der Waals surface area (Å²) in [7, 11) is 0. The van der Waals surface area contributed by atoms with Gasteiger partial charge in [0.25, 0.3) is 0 Å². The van der Waals surface area contributed by atoms with Gasteiger partial charge in [-0.2, -0.15) is 0 Å². The third kappa shape index (κ3) is 2.84. The highest BCUT2D eigenvalue weighted by Crippen LogP contribution is 2.37. The van der Waals surface area contributed by atoms with Crippen molar-refractivity contribution in [1.82, 2.24) is 19.4 Å². The Labute approximate surface area is 210 Å². The second kappa shape index (κ2) is 7.44. The molecule has 5 heteroatoms. The molecule has 0 amide bonds. The van der Waals surface area contributed by atoms with Crippen molar-refractivity contribution in [2.75, 3.05) is 0 Å². The Morgan fingerprint density at radius 3 is 2.42 bits per heavy atom. The van der Waals surface area contributed by atoms with Gasteiger partial charge < -0.3 is 0 Å². The van der Waals surface area contributed by atoms with E-state index in [0.717, 1.165) is 49.7 Å². The van der Waals surface area contributed by atoms with Gasteiger partial charge >= 0.3 is 0 Å². The summed E-state index contributed by atoms with van der Waals surface area (Å²) in [5.41, 5.74) is 8.57. The molecule has 4 nitrogen and oxygen atoms in total. The summed E-state index contributed by atoms with van der Waals surface area (Å²) in [4.78, 5) is 15.4. The Kier molecular flexibility index (Phi) is 4.07. The molecule has 8 aromatic rings. The Balaban J connectivity index is 1.32. The zero-order valence-electron chi connectivity index (χ0n) is 19.1. The molecule has 8 rings (SSSR count). The van der Waals surface area contributed by atoms with Crippen LogP contribution in [0.1, 0.15) is 0 Å². The van der Waals surface area contributed by atoms with Gasteiger partial charge in [-0.25, -0.2) is 4.98 Å². The predicted molar refractivity (Wildman–Crippen MR) is 150 cm³/mol. The molecule has 3 aromatic carbocycles. The average Bonchev–Trinajstić information content (AvgIpc) is 3.48. The van der Waals surface area contributed by atoms with Gasteiger partial charge in [0.1, 0.15) is 16.0 Å². The fourth-order valence-corrected chi connectivity index (χ4v) is 6.33. The lowest BCUT2D eigenvalue weighted by atomic mass is 9.95. The Bertz CT molecular complexity index is 2120. The third-order valence-corrected chi connectivity index (χ3v) is 8.05. The van der Waals surface area contributed by atoms with Crippen LogP contribution in [0.25, 0.3) is 70.1 Å². The van der Waals surface area contributed by atoms with E-state index in [9.17, 15) is 0 Å². The number of imidazole rings is 1. The van der Waals surface area contributed by atoms with Crippen LogP contribution in [0.4, 0.5) is 0 Å². The maximum atomic E-state index is 4.93. The highest BCUT2D eigenvalue weighted by atomic mass is 32.1. The van der Waals surface area contributed by atoms with Gasteiger partial charge in [0, 0.05) is 39.4 Å². The van der Waals surface area contributed by atoms with E-state index in [1.807, 2.05) is 24.5 Å². The minimum atomic E-state index is 0.933. The number of rotatable bonds is 2. The molecule has 0 atom stereocenters. The number of benzene rings is 3. The van der Waals surface area contributed by atoms with Crippen LogP contribution in [0, 0.1) is 0 Å². The molecule has 5 aromatic heterocycles. The van der Waals surface area contributed by atoms with Crippen molar-refractivity contribution in [1.29, 1.82) is 0 Å². The molecule has 0 N–H and O–H groups in total. The molecule has 0 saturated carbocycles. The summed E-state index contributed by atoms with van der Waals surface area (Å²) in [6.07, 6.45) is 5.88. The number of hydrogen-bond donors (Lipinski definition) is 0. The van der Waals surface area contributed by atoms with Crippen LogP contribution in [-0.4, -0.2) is 19.4 Å². The topological polar surface area (TPSA) is 43.1 Å². The van der Waals surface area contributed by atoms with Crippen LogP contribution >= 0.6 is 11.3 Å². The first-order valence-corrected chi connectivity index (χ1v) is 12.7. The van der Waals surface area contributed by atoms with E-state index in [4.69, 9.17) is 4.98 Å². The van der Waals surface area contributed by atoms with Gasteiger partial charge in [-0.1, -0.05) is 48.5 Å². The first-order valence-electron chi connectivity index (χ1n) is 11.9. The lowest BCUT2D eigenvalue weighted by molar-refractivity contribution is 1.24. The molecule has 0 radical (unpaired) electrons. The highest BCUT2D eigenvalue weighted by Gasteiger charge is 2.14. The van der Waals surface area contributed by atoms with Gasteiger partial charge in [0.05, 0.1) is 11.0 Å². The summed E-state index contributed by atoms with van der Waals surface area (Å²) in [5, 5.41) is 3.42. The lowest BCUT2D eigenvalue weighted by Crippen LogP contribution is -1.90. The van der Waals surface area contributed by atoms with Crippen molar-refractivity contribution in [2.45, 2.75) is 0 Å². The summed E-state index contributed by atoms with van der Waals surface area (Å²) < 4.78 is 3.49. The van der Waals surface area contributed by atoms with Crippen LogP contribution in [0.5, 0.6) is 0 Å². The summed E-state index contributed by atoms with van der Waals surface area (Å²) in [6.45, 7) is 0. The van der Waals surface area contributed by atoms with Crippen molar-refractivity contribution in [2.24, 2.45) is 0 Å². The van der Waals surface area contributed by atoms with Crippen LogP contribution in [0.3, 0.4) is 0 Å². The van der Waals surface area contributed by atoms with Crippen LogP contribution in [0.2, 0.25) is 0 Å². The van der Waals surface area contributed by atoms with Crippen molar-refractivity contribution in [3.05, 3.63) is 110 Å². The number of nitrogens with zero attached hydrogens (tertiary/aromatic N) is 4. The first kappa shape index (κ1) is 19.7. The molecule has 0 unspecified atom stereocenters. The summed E-state index contributed by atoms with van der Waals surface area (Å²) >= 11 is 1.79. The van der Waals surface area contributed by atoms with Crippen LogP contribution in [0.15, 0.2) is 110 Å². The van der Waals surface area contributed by atoms with E-state index in [-0.39, 0.29) is 0 Å². The highest BCUT2D eigenvalue weighted by molar-refractivity contribution is 7.25. The standard InChI is InChI=1S/C31H18N4S/c1-2-11-26-24(9-1)30-31(36-26)35-18-22(12-13-27(35)34-30)19-6-3-7-20(16-19)25-17-21-8-4-14-32-28(21)29-23(25)10-5-15-33-29/h1-18H. The largest absolute Gasteiger partial charge is 0.290 e. The minimum absolute atomic E-state index is 0.933. The van der Waals surface area contributed by atoms with Crippen molar-refractivity contribution in [3.63, 3.8) is 0 Å². The number of pyridine rings is 3. The number of aromatic nitrogens is 4. The second-order valence-electron chi connectivity index (χ2n) is 8.99. The normalized spacial score (nSPS) is 11.9. The van der Waals surface area contributed by atoms with Gasteiger partial charge in [-0.3, -0.25) is 14.4 Å². The second-order valence-corrected chi connectivity index (χ2v) is 10.0. The van der Waals surface area contributed by atoms with E-state index in [1.54, 1.807) is 11.3 Å². The number of hydrogen-bond acceptors (Lipinski definition) is 4. The summed E-state index contributed by atoms with van der Waals surface area (Å²) in [5.74, 6) is 0. The number of fused-ring (bicyclic) bond motifs is 8. The molecular weight excluding hydrogens is 460 g/mol. The smallest absolute Gasteiger partial charge is 0.138 e. The Hall–Kier alpha value is -4.61. The predicted octanol–water partition coefficient (Wildman–Crippen LogP) is 8.13. The average molecular weight is 479 g/mol. The van der Waals surface area contributed by atoms with Crippen LogP contribution in [-0.2, 0) is 0 Å². The zero-order chi connectivity index (χ0) is 23.6. The van der Waals surface area contributed by atoms with Gasteiger partial charge in [-0.15, -0.1) is 11.3 Å². The molecule has 0 aliphatic carbocycles. The van der Waals surface area contributed by atoms with Gasteiger partial charge in [0.2, 0.25) is 0 Å². The maximum absolute atomic E-state index is 4.93. The van der Waals surface area contributed by atoms with E-state index < -0.39 is 0 Å². The van der Waals surface area contributed by atoms with Gasteiger partial charge in [-0.05, 0) is 64.7 Å². The van der Waals surface area contributed by atoms with Crippen LogP contribution < -0.4 is 0 Å². The molecule has 5 heterocycles. The quantitative estimate of drug-likeness (QED) is 0.236. The molecule has 0 bridgehead atoms. The SMILES string of the molecule is c1cc(-c2ccc3nc4c5ccccc5sc4n3c2)cc(-c2cc3cccnc3c3ncccc23)c1. The molecular formula is C31H18N4S. The van der Waals surface area contributed by atoms with Crippen molar-refractivity contribution in [3.8, 4) is 22.3 Å². The molecule has 0 aliphatic heterocycles. The maximum Gasteiger partial charge on any atom is 0.138 e. The molecule has 0 saturated heterocycles. The lowest BCUT2D eigenvalue weighted by Gasteiger charge is -2.11. The molecule has 0 aliphatic rings. The van der Waals surface area contributed by atoms with E-state index >= 15 is 0 Å². The molecule has 168 valence electrons. The van der Waals surface area contributed by atoms with Gasteiger partial charge in [0.15, 0.2) is 0 Å².